The highest BCUT2D eigenvalue weighted by atomic mass is 32.2. The topological polar surface area (TPSA) is 89.0 Å². The molecule has 1 amide bonds. The molecule has 3 rings (SSSR count). The minimum Gasteiger partial charge on any atom is -0.497 e. The summed E-state index contributed by atoms with van der Waals surface area (Å²) in [7, 11) is 1.59. The predicted octanol–water partition coefficient (Wildman–Crippen LogP) is 2.03. The van der Waals surface area contributed by atoms with E-state index in [2.05, 4.69) is 15.5 Å². The average Bonchev–Trinajstić information content (AvgIpc) is 3.32. The number of anilines is 1. The van der Waals surface area contributed by atoms with Gasteiger partial charge in [0, 0.05) is 11.7 Å². The average molecular weight is 334 g/mol. The Morgan fingerprint density at radius 1 is 1.43 bits per heavy atom. The fourth-order valence-electron chi connectivity index (χ4n) is 2.16. The molecule has 7 nitrogen and oxygen atoms in total. The summed E-state index contributed by atoms with van der Waals surface area (Å²) in [4.78, 5) is 24.0. The van der Waals surface area contributed by atoms with Crippen molar-refractivity contribution in [3.05, 3.63) is 34.7 Å². The van der Waals surface area contributed by atoms with E-state index in [0.717, 1.165) is 18.6 Å². The summed E-state index contributed by atoms with van der Waals surface area (Å²) in [5.74, 6) is 0.591. The number of nitrogens with one attached hydrogen (secondary N) is 2. The van der Waals surface area contributed by atoms with E-state index in [1.807, 2.05) is 0 Å². The molecule has 0 saturated heterocycles. The molecule has 0 spiro atoms. The molecule has 8 heteroatoms. The number of hydrogen-bond acceptors (Lipinski definition) is 5. The largest absolute Gasteiger partial charge is 0.497 e. The molecular formula is C15H18N4O3S. The van der Waals surface area contributed by atoms with Crippen LogP contribution >= 0.6 is 11.8 Å². The van der Waals surface area contributed by atoms with Crippen LogP contribution < -0.4 is 15.7 Å². The number of carbonyl (C=O) groups is 1. The van der Waals surface area contributed by atoms with Crippen LogP contribution in [0.15, 0.2) is 34.2 Å². The van der Waals surface area contributed by atoms with E-state index in [4.69, 9.17) is 4.74 Å². The van der Waals surface area contributed by atoms with E-state index in [9.17, 15) is 9.59 Å². The van der Waals surface area contributed by atoms with Crippen LogP contribution in [0, 0.1) is 0 Å². The fourth-order valence-corrected chi connectivity index (χ4v) is 3.08. The normalized spacial score (nSPS) is 15.2. The first-order chi connectivity index (χ1) is 11.1. The van der Waals surface area contributed by atoms with Crippen LogP contribution in [-0.2, 0) is 4.79 Å². The first kappa shape index (κ1) is 15.7. The molecule has 0 aliphatic heterocycles. The van der Waals surface area contributed by atoms with E-state index >= 15 is 0 Å². The van der Waals surface area contributed by atoms with Crippen molar-refractivity contribution in [2.24, 2.45) is 0 Å². The van der Waals surface area contributed by atoms with E-state index in [1.165, 1.54) is 11.8 Å². The lowest BCUT2D eigenvalue weighted by Gasteiger charge is -2.12. The van der Waals surface area contributed by atoms with Crippen LogP contribution in [0.4, 0.5) is 5.69 Å². The van der Waals surface area contributed by atoms with Crippen molar-refractivity contribution in [1.29, 1.82) is 0 Å². The Morgan fingerprint density at radius 2 is 2.13 bits per heavy atom. The van der Waals surface area contributed by atoms with Crippen molar-refractivity contribution in [3.8, 4) is 5.75 Å². The molecule has 23 heavy (non-hydrogen) atoms. The summed E-state index contributed by atoms with van der Waals surface area (Å²) < 4.78 is 6.72. The molecule has 1 fully saturated rings. The summed E-state index contributed by atoms with van der Waals surface area (Å²) in [5, 5.41) is 9.51. The molecule has 0 bridgehead atoms. The maximum Gasteiger partial charge on any atom is 0.344 e. The molecule has 1 aliphatic rings. The monoisotopic (exact) mass is 334 g/mol. The van der Waals surface area contributed by atoms with Gasteiger partial charge in [0.2, 0.25) is 5.91 Å². The Hall–Kier alpha value is -2.22. The minimum atomic E-state index is -0.371. The molecule has 1 aromatic heterocycles. The summed E-state index contributed by atoms with van der Waals surface area (Å²) >= 11 is 1.28. The van der Waals surface area contributed by atoms with Crippen molar-refractivity contribution in [1.82, 2.24) is 14.8 Å². The number of H-pyrrole nitrogens is 1. The van der Waals surface area contributed by atoms with Crippen LogP contribution in [0.5, 0.6) is 5.75 Å². The van der Waals surface area contributed by atoms with Gasteiger partial charge in [-0.25, -0.2) is 9.89 Å². The number of aromatic nitrogens is 3. The van der Waals surface area contributed by atoms with E-state index < -0.39 is 0 Å². The number of benzene rings is 1. The Balaban J connectivity index is 1.64. The van der Waals surface area contributed by atoms with E-state index in [-0.39, 0.29) is 22.9 Å². The van der Waals surface area contributed by atoms with Crippen molar-refractivity contribution in [2.75, 3.05) is 12.4 Å². The molecule has 1 saturated carbocycles. The van der Waals surface area contributed by atoms with Crippen LogP contribution in [-0.4, -0.2) is 33.0 Å². The van der Waals surface area contributed by atoms with Gasteiger partial charge in [-0.2, -0.15) is 0 Å². The van der Waals surface area contributed by atoms with Crippen molar-refractivity contribution < 1.29 is 9.53 Å². The number of nitrogens with zero attached hydrogens (tertiary/aromatic N) is 2. The minimum absolute atomic E-state index is 0.141. The number of aromatic amines is 1. The highest BCUT2D eigenvalue weighted by Gasteiger charge is 2.30. The predicted molar refractivity (Wildman–Crippen MR) is 88.1 cm³/mol. The van der Waals surface area contributed by atoms with Gasteiger partial charge in [0.1, 0.15) is 5.75 Å². The summed E-state index contributed by atoms with van der Waals surface area (Å²) in [5.41, 5.74) is 0.489. The zero-order valence-electron chi connectivity index (χ0n) is 12.9. The number of thioether (sulfide) groups is 1. The second-order valence-electron chi connectivity index (χ2n) is 5.39. The maximum atomic E-state index is 12.3. The van der Waals surface area contributed by atoms with Crippen molar-refractivity contribution >= 4 is 23.4 Å². The maximum absolute atomic E-state index is 12.3. The van der Waals surface area contributed by atoms with Crippen LogP contribution in [0.3, 0.4) is 0 Å². The second kappa shape index (κ2) is 6.49. The lowest BCUT2D eigenvalue weighted by atomic mass is 10.3. The Kier molecular flexibility index (Phi) is 4.42. The third-order valence-corrected chi connectivity index (χ3v) is 4.66. The number of rotatable bonds is 6. The number of hydrogen-bond donors (Lipinski definition) is 2. The van der Waals surface area contributed by atoms with Gasteiger partial charge in [-0.15, -0.1) is 5.10 Å². The van der Waals surface area contributed by atoms with E-state index in [0.29, 0.717) is 10.8 Å². The van der Waals surface area contributed by atoms with E-state index in [1.54, 1.807) is 42.9 Å². The number of ether oxygens (including phenoxy) is 1. The van der Waals surface area contributed by atoms with Crippen LogP contribution in [0.2, 0.25) is 0 Å². The molecule has 2 N–H and O–H groups in total. The molecule has 0 radical (unpaired) electrons. The first-order valence-electron chi connectivity index (χ1n) is 7.37. The molecule has 1 atom stereocenters. The molecule has 0 unspecified atom stereocenters. The Morgan fingerprint density at radius 3 is 2.74 bits per heavy atom. The van der Waals surface area contributed by atoms with Gasteiger partial charge in [0.05, 0.1) is 12.4 Å². The molecule has 1 aromatic carbocycles. The standard InChI is InChI=1S/C15H18N4O3S/c1-9(13(20)16-10-3-7-12(22-2)8-4-10)23-15-18-17-14(21)19(15)11-5-6-11/h3-4,7-9,11H,5-6H2,1-2H3,(H,16,20)(H,17,21)/t9-/m1/s1. The highest BCUT2D eigenvalue weighted by Crippen LogP contribution is 2.36. The fraction of sp³-hybridized carbons (Fsp3) is 0.400. The number of methoxy groups -OCH3 is 1. The zero-order valence-corrected chi connectivity index (χ0v) is 13.7. The number of carbonyl (C=O) groups excluding carboxylic acids is 1. The third kappa shape index (κ3) is 3.58. The third-order valence-electron chi connectivity index (χ3n) is 3.59. The highest BCUT2D eigenvalue weighted by molar-refractivity contribution is 8.00. The van der Waals surface area contributed by atoms with Crippen molar-refractivity contribution in [2.45, 2.75) is 36.2 Å². The van der Waals surface area contributed by atoms with Gasteiger partial charge in [0.15, 0.2) is 5.16 Å². The summed E-state index contributed by atoms with van der Waals surface area (Å²) in [6.07, 6.45) is 1.97. The molecule has 2 aromatic rings. The molecule has 122 valence electrons. The molecule has 1 heterocycles. The van der Waals surface area contributed by atoms with Gasteiger partial charge in [-0.05, 0) is 44.0 Å². The van der Waals surface area contributed by atoms with Crippen molar-refractivity contribution in [3.63, 3.8) is 0 Å². The second-order valence-corrected chi connectivity index (χ2v) is 6.70. The van der Waals surface area contributed by atoms with Gasteiger partial charge in [-0.3, -0.25) is 9.36 Å². The molecular weight excluding hydrogens is 316 g/mol. The molecule has 1 aliphatic carbocycles. The van der Waals surface area contributed by atoms with Gasteiger partial charge < -0.3 is 10.1 Å². The van der Waals surface area contributed by atoms with Gasteiger partial charge in [-0.1, -0.05) is 11.8 Å². The first-order valence-corrected chi connectivity index (χ1v) is 8.25. The van der Waals surface area contributed by atoms with Gasteiger partial charge in [0.25, 0.3) is 0 Å². The smallest absolute Gasteiger partial charge is 0.344 e. The van der Waals surface area contributed by atoms with Crippen LogP contribution in [0.25, 0.3) is 0 Å². The zero-order chi connectivity index (χ0) is 16.4. The lowest BCUT2D eigenvalue weighted by Crippen LogP contribution is -2.23. The summed E-state index contributed by atoms with van der Waals surface area (Å²) in [6, 6.07) is 7.35. The quantitative estimate of drug-likeness (QED) is 0.789. The lowest BCUT2D eigenvalue weighted by molar-refractivity contribution is -0.115. The SMILES string of the molecule is COc1ccc(NC(=O)[C@@H](C)Sc2n[nH]c(=O)n2C2CC2)cc1. The summed E-state index contributed by atoms with van der Waals surface area (Å²) in [6.45, 7) is 1.79. The Labute approximate surface area is 137 Å². The van der Waals surface area contributed by atoms with Gasteiger partial charge >= 0.3 is 5.69 Å². The Bertz CT molecular complexity index is 749. The van der Waals surface area contributed by atoms with Crippen LogP contribution in [0.1, 0.15) is 25.8 Å². The number of amides is 1.